The fourth-order valence-electron chi connectivity index (χ4n) is 1.71. The van der Waals surface area contributed by atoms with Crippen molar-refractivity contribution in [2.45, 2.75) is 18.9 Å². The van der Waals surface area contributed by atoms with Crippen molar-refractivity contribution < 1.29 is 4.74 Å². The van der Waals surface area contributed by atoms with E-state index in [4.69, 9.17) is 4.74 Å². The zero-order valence-electron chi connectivity index (χ0n) is 8.86. The zero-order chi connectivity index (χ0) is 10.5. The van der Waals surface area contributed by atoms with Gasteiger partial charge in [-0.1, -0.05) is 0 Å². The molecule has 0 saturated carbocycles. The van der Waals surface area contributed by atoms with Gasteiger partial charge in [-0.15, -0.1) is 0 Å². The van der Waals surface area contributed by atoms with Crippen LogP contribution in [-0.2, 0) is 0 Å². The maximum Gasteiger partial charge on any atom is 0.218 e. The zero-order valence-corrected chi connectivity index (χ0v) is 8.86. The molecule has 0 radical (unpaired) electrons. The molecule has 1 atom stereocenters. The lowest BCUT2D eigenvalue weighted by atomic mass is 10.2. The number of nitrogens with one attached hydrogen (secondary N) is 2. The van der Waals surface area contributed by atoms with Crippen LogP contribution in [0.4, 0.5) is 5.82 Å². The van der Waals surface area contributed by atoms with Gasteiger partial charge in [0.25, 0.3) is 0 Å². The second kappa shape index (κ2) is 4.93. The molecule has 0 bridgehead atoms. The SMILES string of the molecule is COc1cc(NC[C@@H]2CCCN2)ncn1. The van der Waals surface area contributed by atoms with E-state index in [1.54, 1.807) is 13.2 Å². The highest BCUT2D eigenvalue weighted by Gasteiger charge is 2.13. The molecule has 1 aliphatic heterocycles. The fraction of sp³-hybridized carbons (Fsp3) is 0.600. The Hall–Kier alpha value is -1.36. The molecule has 1 aromatic heterocycles. The molecule has 82 valence electrons. The summed E-state index contributed by atoms with van der Waals surface area (Å²) in [5, 5.41) is 6.69. The third-order valence-electron chi connectivity index (χ3n) is 2.54. The highest BCUT2D eigenvalue weighted by atomic mass is 16.5. The first-order valence-corrected chi connectivity index (χ1v) is 5.22. The van der Waals surface area contributed by atoms with E-state index in [0.29, 0.717) is 11.9 Å². The van der Waals surface area contributed by atoms with Gasteiger partial charge in [-0.05, 0) is 19.4 Å². The van der Waals surface area contributed by atoms with Crippen LogP contribution >= 0.6 is 0 Å². The van der Waals surface area contributed by atoms with Gasteiger partial charge in [0, 0.05) is 18.7 Å². The summed E-state index contributed by atoms with van der Waals surface area (Å²) in [4.78, 5) is 8.07. The predicted molar refractivity (Wildman–Crippen MR) is 58.1 cm³/mol. The Morgan fingerprint density at radius 2 is 2.53 bits per heavy atom. The summed E-state index contributed by atoms with van der Waals surface area (Å²) >= 11 is 0. The number of hydrogen-bond donors (Lipinski definition) is 2. The van der Waals surface area contributed by atoms with Crippen LogP contribution in [0.3, 0.4) is 0 Å². The molecule has 2 rings (SSSR count). The summed E-state index contributed by atoms with van der Waals surface area (Å²) in [5.74, 6) is 1.41. The molecule has 5 heteroatoms. The van der Waals surface area contributed by atoms with E-state index in [1.807, 2.05) is 0 Å². The Morgan fingerprint density at radius 1 is 1.60 bits per heavy atom. The molecule has 1 aromatic rings. The summed E-state index contributed by atoms with van der Waals surface area (Å²) in [6, 6.07) is 2.36. The average Bonchev–Trinajstić information content (AvgIpc) is 2.79. The Kier molecular flexibility index (Phi) is 3.34. The molecule has 0 amide bonds. The average molecular weight is 208 g/mol. The van der Waals surface area contributed by atoms with E-state index >= 15 is 0 Å². The minimum atomic E-state index is 0.561. The van der Waals surface area contributed by atoms with Gasteiger partial charge in [-0.25, -0.2) is 9.97 Å². The predicted octanol–water partition coefficient (Wildman–Crippen LogP) is 0.649. The fourth-order valence-corrected chi connectivity index (χ4v) is 1.71. The van der Waals surface area contributed by atoms with Gasteiger partial charge in [-0.3, -0.25) is 0 Å². The van der Waals surface area contributed by atoms with Crippen LogP contribution < -0.4 is 15.4 Å². The van der Waals surface area contributed by atoms with Crippen LogP contribution in [0.2, 0.25) is 0 Å². The summed E-state index contributed by atoms with van der Waals surface area (Å²) < 4.78 is 5.02. The highest BCUT2D eigenvalue weighted by molar-refractivity contribution is 5.37. The van der Waals surface area contributed by atoms with E-state index in [2.05, 4.69) is 20.6 Å². The van der Waals surface area contributed by atoms with E-state index in [-0.39, 0.29) is 0 Å². The van der Waals surface area contributed by atoms with Gasteiger partial charge < -0.3 is 15.4 Å². The Morgan fingerprint density at radius 3 is 3.27 bits per heavy atom. The van der Waals surface area contributed by atoms with Crippen LogP contribution in [-0.4, -0.2) is 36.2 Å². The van der Waals surface area contributed by atoms with Crippen molar-refractivity contribution in [3.8, 4) is 5.88 Å². The number of hydrogen-bond acceptors (Lipinski definition) is 5. The lowest BCUT2D eigenvalue weighted by Crippen LogP contribution is -2.29. The third-order valence-corrected chi connectivity index (χ3v) is 2.54. The molecule has 5 nitrogen and oxygen atoms in total. The second-order valence-electron chi connectivity index (χ2n) is 3.62. The van der Waals surface area contributed by atoms with Crippen molar-refractivity contribution >= 4 is 5.82 Å². The van der Waals surface area contributed by atoms with Crippen molar-refractivity contribution in [2.75, 3.05) is 25.5 Å². The molecule has 0 aromatic carbocycles. The van der Waals surface area contributed by atoms with Crippen molar-refractivity contribution in [1.29, 1.82) is 0 Å². The number of anilines is 1. The number of nitrogens with zero attached hydrogens (tertiary/aromatic N) is 2. The number of ether oxygens (including phenoxy) is 1. The summed E-state index contributed by atoms with van der Waals surface area (Å²) in [5.41, 5.74) is 0. The lowest BCUT2D eigenvalue weighted by molar-refractivity contribution is 0.397. The Balaban J connectivity index is 1.86. The van der Waals surface area contributed by atoms with Crippen molar-refractivity contribution in [2.24, 2.45) is 0 Å². The van der Waals surface area contributed by atoms with Crippen molar-refractivity contribution in [3.05, 3.63) is 12.4 Å². The number of rotatable bonds is 4. The first-order chi connectivity index (χ1) is 7.38. The largest absolute Gasteiger partial charge is 0.481 e. The normalized spacial score (nSPS) is 20.2. The maximum absolute atomic E-state index is 5.02. The quantitative estimate of drug-likeness (QED) is 0.760. The number of aromatic nitrogens is 2. The highest BCUT2D eigenvalue weighted by Crippen LogP contribution is 2.11. The van der Waals surface area contributed by atoms with Crippen molar-refractivity contribution in [1.82, 2.24) is 15.3 Å². The number of methoxy groups -OCH3 is 1. The van der Waals surface area contributed by atoms with Gasteiger partial charge in [-0.2, -0.15) is 0 Å². The standard InChI is InChI=1S/C10H16N4O/c1-15-10-5-9(13-7-14-10)12-6-8-3-2-4-11-8/h5,7-8,11H,2-4,6H2,1H3,(H,12,13,14)/t8-/m0/s1. The van der Waals surface area contributed by atoms with Crippen LogP contribution in [0, 0.1) is 0 Å². The molecule has 0 spiro atoms. The van der Waals surface area contributed by atoms with Crippen LogP contribution in [0.25, 0.3) is 0 Å². The third kappa shape index (κ3) is 2.79. The maximum atomic E-state index is 5.02. The van der Waals surface area contributed by atoms with Gasteiger partial charge in [0.2, 0.25) is 5.88 Å². The van der Waals surface area contributed by atoms with Gasteiger partial charge in [0.05, 0.1) is 7.11 Å². The summed E-state index contributed by atoms with van der Waals surface area (Å²) in [6.45, 7) is 2.03. The monoisotopic (exact) mass is 208 g/mol. The van der Waals surface area contributed by atoms with Crippen LogP contribution in [0.15, 0.2) is 12.4 Å². The second-order valence-corrected chi connectivity index (χ2v) is 3.62. The Labute approximate surface area is 89.3 Å². The van der Waals surface area contributed by atoms with Gasteiger partial charge in [0.1, 0.15) is 12.1 Å². The minimum absolute atomic E-state index is 0.561. The summed E-state index contributed by atoms with van der Waals surface area (Å²) in [6.07, 6.45) is 4.00. The molecule has 0 unspecified atom stereocenters. The van der Waals surface area contributed by atoms with Crippen molar-refractivity contribution in [3.63, 3.8) is 0 Å². The molecule has 1 saturated heterocycles. The molecule has 2 N–H and O–H groups in total. The minimum Gasteiger partial charge on any atom is -0.481 e. The first kappa shape index (κ1) is 10.2. The van der Waals surface area contributed by atoms with E-state index in [9.17, 15) is 0 Å². The van der Waals surface area contributed by atoms with Gasteiger partial charge >= 0.3 is 0 Å². The molecular formula is C10H16N4O. The van der Waals surface area contributed by atoms with E-state index in [1.165, 1.54) is 19.2 Å². The topological polar surface area (TPSA) is 59.1 Å². The van der Waals surface area contributed by atoms with Crippen LogP contribution in [0.1, 0.15) is 12.8 Å². The molecular weight excluding hydrogens is 192 g/mol. The summed E-state index contributed by atoms with van der Waals surface area (Å²) in [7, 11) is 1.60. The molecule has 1 fully saturated rings. The Bertz CT molecular complexity index is 312. The molecule has 2 heterocycles. The van der Waals surface area contributed by atoms with Gasteiger partial charge in [0.15, 0.2) is 0 Å². The van der Waals surface area contributed by atoms with Crippen LogP contribution in [0.5, 0.6) is 5.88 Å². The lowest BCUT2D eigenvalue weighted by Gasteiger charge is -2.11. The smallest absolute Gasteiger partial charge is 0.218 e. The molecule has 15 heavy (non-hydrogen) atoms. The molecule has 0 aliphatic carbocycles. The van der Waals surface area contributed by atoms with E-state index in [0.717, 1.165) is 18.9 Å². The first-order valence-electron chi connectivity index (χ1n) is 5.22. The van der Waals surface area contributed by atoms with E-state index < -0.39 is 0 Å². The molecule has 1 aliphatic rings.